The van der Waals surface area contributed by atoms with Gasteiger partial charge in [0.1, 0.15) is 10.4 Å². The smallest absolute Gasteiger partial charge is 0.186 e. The van der Waals surface area contributed by atoms with Gasteiger partial charge in [0.25, 0.3) is 0 Å². The summed E-state index contributed by atoms with van der Waals surface area (Å²) in [7, 11) is 0. The molecule has 0 amide bonds. The molecule has 1 heterocycles. The van der Waals surface area contributed by atoms with Gasteiger partial charge in [0, 0.05) is 24.5 Å². The zero-order valence-electron chi connectivity index (χ0n) is 13.0. The fourth-order valence-corrected chi connectivity index (χ4v) is 4.00. The molecule has 0 spiro atoms. The highest BCUT2D eigenvalue weighted by molar-refractivity contribution is 6.51. The second kappa shape index (κ2) is 5.58. The summed E-state index contributed by atoms with van der Waals surface area (Å²) in [6, 6.07) is 0. The molecule has 3 atom stereocenters. The van der Waals surface area contributed by atoms with Crippen molar-refractivity contribution in [3.8, 4) is 0 Å². The molecule has 5 heteroatoms. The Bertz CT molecular complexity index is 339. The van der Waals surface area contributed by atoms with Gasteiger partial charge in [-0.25, -0.2) is 0 Å². The Morgan fingerprint density at radius 1 is 1.10 bits per heavy atom. The minimum Gasteiger partial charge on any atom is -0.361 e. The van der Waals surface area contributed by atoms with Crippen LogP contribution in [0.5, 0.6) is 0 Å². The van der Waals surface area contributed by atoms with E-state index in [-0.39, 0.29) is 23.4 Å². The Hall–Kier alpha value is 0.460. The fourth-order valence-electron chi connectivity index (χ4n) is 3.08. The number of halogens is 2. The van der Waals surface area contributed by atoms with E-state index in [0.29, 0.717) is 19.1 Å². The first kappa shape index (κ1) is 16.8. The molecule has 2 rings (SSSR count). The van der Waals surface area contributed by atoms with Gasteiger partial charge in [-0.3, -0.25) is 0 Å². The van der Waals surface area contributed by atoms with Crippen molar-refractivity contribution < 1.29 is 14.2 Å². The van der Waals surface area contributed by atoms with Gasteiger partial charge in [0.2, 0.25) is 0 Å². The largest absolute Gasteiger partial charge is 0.361 e. The van der Waals surface area contributed by atoms with Crippen molar-refractivity contribution in [3.63, 3.8) is 0 Å². The van der Waals surface area contributed by atoms with Crippen LogP contribution in [0.3, 0.4) is 0 Å². The lowest BCUT2D eigenvalue weighted by molar-refractivity contribution is -0.147. The summed E-state index contributed by atoms with van der Waals surface area (Å²) in [6.45, 7) is 11.5. The Kier molecular flexibility index (Phi) is 4.70. The van der Waals surface area contributed by atoms with Gasteiger partial charge in [-0.2, -0.15) is 0 Å². The van der Waals surface area contributed by atoms with Gasteiger partial charge in [-0.05, 0) is 33.6 Å². The van der Waals surface area contributed by atoms with Crippen molar-refractivity contribution in [1.82, 2.24) is 0 Å². The number of epoxide rings is 1. The van der Waals surface area contributed by atoms with Crippen LogP contribution in [-0.4, -0.2) is 35.5 Å². The monoisotopic (exact) mass is 324 g/mol. The second-order valence-corrected chi connectivity index (χ2v) is 7.95. The van der Waals surface area contributed by atoms with Crippen LogP contribution >= 0.6 is 23.2 Å². The maximum atomic E-state index is 6.32. The summed E-state index contributed by atoms with van der Waals surface area (Å²) in [5.74, 6) is 0.331. The molecule has 3 unspecified atom stereocenters. The Morgan fingerprint density at radius 2 is 1.60 bits per heavy atom. The first-order chi connectivity index (χ1) is 9.20. The summed E-state index contributed by atoms with van der Waals surface area (Å²) >= 11 is 12.6. The van der Waals surface area contributed by atoms with Crippen molar-refractivity contribution in [2.24, 2.45) is 11.3 Å². The van der Waals surface area contributed by atoms with Gasteiger partial charge in [0.15, 0.2) is 6.29 Å². The molecule has 2 fully saturated rings. The fraction of sp³-hybridized carbons (Fsp3) is 1.00. The van der Waals surface area contributed by atoms with Crippen LogP contribution in [-0.2, 0) is 14.2 Å². The maximum absolute atomic E-state index is 6.32. The normalized spacial score (nSPS) is 37.2. The molecule has 0 aromatic heterocycles. The van der Waals surface area contributed by atoms with Crippen molar-refractivity contribution in [2.75, 3.05) is 13.2 Å². The van der Waals surface area contributed by atoms with E-state index in [1.165, 1.54) is 0 Å². The van der Waals surface area contributed by atoms with E-state index in [4.69, 9.17) is 37.4 Å². The molecule has 0 aromatic carbocycles. The van der Waals surface area contributed by atoms with Crippen LogP contribution in [0, 0.1) is 11.3 Å². The summed E-state index contributed by atoms with van der Waals surface area (Å²) in [4.78, 5) is 0. The summed E-state index contributed by atoms with van der Waals surface area (Å²) in [5, 5.41) is 0. The zero-order valence-corrected chi connectivity index (χ0v) is 14.6. The van der Waals surface area contributed by atoms with Crippen LogP contribution in [0.2, 0.25) is 0 Å². The predicted molar refractivity (Wildman–Crippen MR) is 81.3 cm³/mol. The molecule has 20 heavy (non-hydrogen) atoms. The number of hydrogen-bond donors (Lipinski definition) is 0. The summed E-state index contributed by atoms with van der Waals surface area (Å²) in [5.41, 5.74) is -0.173. The lowest BCUT2D eigenvalue weighted by Crippen LogP contribution is -2.28. The molecule has 2 aliphatic rings. The quantitative estimate of drug-likeness (QED) is 0.381. The van der Waals surface area contributed by atoms with Crippen LogP contribution in [0.4, 0.5) is 0 Å². The van der Waals surface area contributed by atoms with E-state index in [1.807, 2.05) is 13.8 Å². The van der Waals surface area contributed by atoms with Crippen molar-refractivity contribution in [3.05, 3.63) is 0 Å². The highest BCUT2D eigenvalue weighted by Crippen LogP contribution is 2.70. The van der Waals surface area contributed by atoms with E-state index < -0.39 is 4.33 Å². The third-order valence-corrected chi connectivity index (χ3v) is 6.36. The van der Waals surface area contributed by atoms with Crippen LogP contribution in [0.15, 0.2) is 0 Å². The Morgan fingerprint density at radius 3 is 2.00 bits per heavy atom. The van der Waals surface area contributed by atoms with E-state index >= 15 is 0 Å². The third kappa shape index (κ3) is 2.85. The molecule has 1 saturated carbocycles. The van der Waals surface area contributed by atoms with E-state index in [9.17, 15) is 0 Å². The summed E-state index contributed by atoms with van der Waals surface area (Å²) in [6.07, 6.45) is 1.66. The molecule has 0 aromatic rings. The lowest BCUT2D eigenvalue weighted by Gasteiger charge is -2.16. The van der Waals surface area contributed by atoms with Gasteiger partial charge < -0.3 is 14.2 Å². The van der Waals surface area contributed by atoms with Gasteiger partial charge in [-0.1, -0.05) is 13.8 Å². The molecule has 1 aliphatic carbocycles. The number of ether oxygens (including phenoxy) is 3. The molecule has 1 saturated heterocycles. The van der Waals surface area contributed by atoms with E-state index in [2.05, 4.69) is 20.8 Å². The van der Waals surface area contributed by atoms with E-state index in [0.717, 1.165) is 12.8 Å². The van der Waals surface area contributed by atoms with Gasteiger partial charge >= 0.3 is 0 Å². The molecular weight excluding hydrogens is 299 g/mol. The molecule has 3 nitrogen and oxygen atoms in total. The van der Waals surface area contributed by atoms with Gasteiger partial charge in [-0.15, -0.1) is 23.2 Å². The summed E-state index contributed by atoms with van der Waals surface area (Å²) < 4.78 is 16.5. The SMILES string of the molecule is CCOC(OCC)C1OC1(C)CCC1C(C)(C)C1(Cl)Cl. The van der Waals surface area contributed by atoms with Crippen molar-refractivity contribution >= 4 is 23.2 Å². The van der Waals surface area contributed by atoms with Crippen LogP contribution in [0.25, 0.3) is 0 Å². The molecule has 0 bridgehead atoms. The zero-order chi connectivity index (χ0) is 15.2. The van der Waals surface area contributed by atoms with Crippen LogP contribution in [0.1, 0.15) is 47.5 Å². The van der Waals surface area contributed by atoms with Gasteiger partial charge in [0.05, 0.1) is 5.60 Å². The highest BCUT2D eigenvalue weighted by Gasteiger charge is 2.70. The predicted octanol–water partition coefficient (Wildman–Crippen LogP) is 4.15. The lowest BCUT2D eigenvalue weighted by atomic mass is 9.96. The minimum atomic E-state index is -0.590. The molecular formula is C15H26Cl2O3. The topological polar surface area (TPSA) is 31.0 Å². The number of alkyl halides is 2. The molecule has 0 radical (unpaired) electrons. The maximum Gasteiger partial charge on any atom is 0.186 e. The second-order valence-electron chi connectivity index (χ2n) is 6.57. The average Bonchev–Trinajstić information content (AvgIpc) is 3.11. The molecule has 118 valence electrons. The first-order valence-electron chi connectivity index (χ1n) is 7.49. The highest BCUT2D eigenvalue weighted by atomic mass is 35.5. The molecule has 0 N–H and O–H groups in total. The third-order valence-electron chi connectivity index (χ3n) is 4.86. The Balaban J connectivity index is 1.83. The van der Waals surface area contributed by atoms with Crippen molar-refractivity contribution in [1.29, 1.82) is 0 Å². The van der Waals surface area contributed by atoms with Crippen molar-refractivity contribution in [2.45, 2.75) is 69.8 Å². The Labute approximate surface area is 132 Å². The first-order valence-corrected chi connectivity index (χ1v) is 8.25. The van der Waals surface area contributed by atoms with Crippen LogP contribution < -0.4 is 0 Å². The molecule has 1 aliphatic heterocycles. The minimum absolute atomic E-state index is 0.00387. The standard InChI is InChI=1S/C15H26Cl2O3/c1-6-18-12(19-7-2)11-14(5,20-11)9-8-10-13(3,4)15(10,16)17/h10-12H,6-9H2,1-5H3. The van der Waals surface area contributed by atoms with E-state index in [1.54, 1.807) is 0 Å². The number of hydrogen-bond acceptors (Lipinski definition) is 3. The number of rotatable bonds is 8. The average molecular weight is 325 g/mol.